The van der Waals surface area contributed by atoms with Gasteiger partial charge in [0.1, 0.15) is 0 Å². The van der Waals surface area contributed by atoms with Crippen LogP contribution in [-0.4, -0.2) is 19.5 Å². The second-order valence-corrected chi connectivity index (χ2v) is 4.12. The van der Waals surface area contributed by atoms with E-state index in [-0.39, 0.29) is 5.56 Å². The molecule has 0 aliphatic heterocycles. The number of aromatic carboxylic acids is 1. The number of halogens is 1. The Morgan fingerprint density at radius 3 is 2.36 bits per heavy atom. The fourth-order valence-corrected chi connectivity index (χ4v) is 1.61. The molecule has 0 radical (unpaired) electrons. The summed E-state index contributed by atoms with van der Waals surface area (Å²) >= 11 is 0. The van der Waals surface area contributed by atoms with Gasteiger partial charge in [-0.2, -0.15) is 8.42 Å². The summed E-state index contributed by atoms with van der Waals surface area (Å²) in [6.45, 7) is 1.49. The number of carboxylic acid groups (broad SMARTS) is 1. The van der Waals surface area contributed by atoms with Gasteiger partial charge in [0.2, 0.25) is 0 Å². The highest BCUT2D eigenvalue weighted by Crippen LogP contribution is 2.16. The van der Waals surface area contributed by atoms with Crippen molar-refractivity contribution in [1.29, 1.82) is 0 Å². The quantitative estimate of drug-likeness (QED) is 0.760. The van der Waals surface area contributed by atoms with E-state index in [1.54, 1.807) is 0 Å². The van der Waals surface area contributed by atoms with Crippen molar-refractivity contribution < 1.29 is 22.2 Å². The van der Waals surface area contributed by atoms with E-state index in [1.165, 1.54) is 13.0 Å². The van der Waals surface area contributed by atoms with Crippen molar-refractivity contribution in [3.8, 4) is 0 Å². The Hall–Kier alpha value is -1.43. The molecule has 14 heavy (non-hydrogen) atoms. The number of hydrogen-bond donors (Lipinski definition) is 1. The molecule has 0 saturated carbocycles. The molecule has 0 atom stereocenters. The second-order valence-electron chi connectivity index (χ2n) is 2.78. The number of rotatable bonds is 2. The van der Waals surface area contributed by atoms with Gasteiger partial charge in [0, 0.05) is 0 Å². The minimum absolute atomic E-state index is 0.249. The molecule has 1 aromatic rings. The Labute approximate surface area is 80.2 Å². The molecule has 0 unspecified atom stereocenters. The zero-order valence-corrected chi connectivity index (χ0v) is 8.01. The van der Waals surface area contributed by atoms with E-state index in [9.17, 15) is 17.1 Å². The van der Waals surface area contributed by atoms with E-state index in [4.69, 9.17) is 5.11 Å². The number of aryl methyl sites for hydroxylation is 1. The van der Waals surface area contributed by atoms with Crippen LogP contribution in [0.2, 0.25) is 0 Å². The molecule has 0 spiro atoms. The first kappa shape index (κ1) is 10.6. The van der Waals surface area contributed by atoms with Gasteiger partial charge in [-0.1, -0.05) is 0 Å². The van der Waals surface area contributed by atoms with E-state index < -0.39 is 21.1 Å². The summed E-state index contributed by atoms with van der Waals surface area (Å²) in [4.78, 5) is 9.89. The van der Waals surface area contributed by atoms with E-state index in [2.05, 4.69) is 0 Å². The average Bonchev–Trinajstić information content (AvgIpc) is 2.01. The van der Waals surface area contributed by atoms with E-state index in [1.807, 2.05) is 0 Å². The molecule has 0 heterocycles. The van der Waals surface area contributed by atoms with E-state index in [0.29, 0.717) is 5.56 Å². The van der Waals surface area contributed by atoms with Crippen LogP contribution in [0, 0.1) is 6.92 Å². The van der Waals surface area contributed by atoms with Crippen LogP contribution in [0.1, 0.15) is 15.9 Å². The molecular formula is C8H7FO4S. The molecule has 1 aromatic carbocycles. The summed E-state index contributed by atoms with van der Waals surface area (Å²) in [7, 11) is -4.84. The molecule has 0 aliphatic carbocycles. The Morgan fingerprint density at radius 1 is 1.36 bits per heavy atom. The molecule has 0 bridgehead atoms. The molecule has 1 N–H and O–H groups in total. The third-order valence-corrected chi connectivity index (χ3v) is 2.38. The fourth-order valence-electron chi connectivity index (χ4n) is 1.01. The lowest BCUT2D eigenvalue weighted by molar-refractivity contribution is 0.0696. The first-order valence-electron chi connectivity index (χ1n) is 3.60. The maximum absolute atomic E-state index is 12.5. The normalized spacial score (nSPS) is 11.3. The van der Waals surface area contributed by atoms with Crippen molar-refractivity contribution in [3.05, 3.63) is 29.3 Å². The molecule has 0 fully saturated rings. The lowest BCUT2D eigenvalue weighted by atomic mass is 10.1. The SMILES string of the molecule is Cc1cc(C(=O)O)cc(S(=O)(=O)F)c1. The molecular weight excluding hydrogens is 211 g/mol. The maximum atomic E-state index is 12.5. The summed E-state index contributed by atoms with van der Waals surface area (Å²) in [6.07, 6.45) is 0. The molecule has 0 saturated heterocycles. The molecule has 76 valence electrons. The van der Waals surface area contributed by atoms with Crippen LogP contribution >= 0.6 is 0 Å². The third-order valence-electron chi connectivity index (χ3n) is 1.58. The first-order valence-corrected chi connectivity index (χ1v) is 4.99. The van der Waals surface area contributed by atoms with Crippen molar-refractivity contribution in [2.24, 2.45) is 0 Å². The Kier molecular flexibility index (Phi) is 2.57. The van der Waals surface area contributed by atoms with Crippen molar-refractivity contribution in [3.63, 3.8) is 0 Å². The molecule has 6 heteroatoms. The molecule has 1 rings (SSSR count). The van der Waals surface area contributed by atoms with Crippen molar-refractivity contribution in [1.82, 2.24) is 0 Å². The predicted octanol–water partition coefficient (Wildman–Crippen LogP) is 1.35. The van der Waals surface area contributed by atoms with Crippen LogP contribution in [0.15, 0.2) is 23.1 Å². The van der Waals surface area contributed by atoms with Crippen LogP contribution in [-0.2, 0) is 10.2 Å². The largest absolute Gasteiger partial charge is 0.478 e. The van der Waals surface area contributed by atoms with Gasteiger partial charge in [-0.15, -0.1) is 3.89 Å². The number of carboxylic acids is 1. The third kappa shape index (κ3) is 2.29. The molecule has 0 aromatic heterocycles. The fraction of sp³-hybridized carbons (Fsp3) is 0.125. The Morgan fingerprint density at radius 2 is 1.93 bits per heavy atom. The highest BCUT2D eigenvalue weighted by atomic mass is 32.3. The van der Waals surface area contributed by atoms with Gasteiger partial charge in [0.25, 0.3) is 0 Å². The maximum Gasteiger partial charge on any atom is 0.335 e. The standard InChI is InChI=1S/C8H7FO4S/c1-5-2-6(8(10)11)4-7(3-5)14(9,12)13/h2-4H,1H3,(H,10,11). The summed E-state index contributed by atoms with van der Waals surface area (Å²) in [6, 6.07) is 3.11. The Bertz CT molecular complexity index is 478. The van der Waals surface area contributed by atoms with Gasteiger partial charge in [-0.3, -0.25) is 0 Å². The number of carbonyl (C=O) groups is 1. The monoisotopic (exact) mass is 218 g/mol. The lowest BCUT2D eigenvalue weighted by Crippen LogP contribution is -2.00. The summed E-state index contributed by atoms with van der Waals surface area (Å²) in [5.41, 5.74) is 0.127. The predicted molar refractivity (Wildman–Crippen MR) is 46.4 cm³/mol. The van der Waals surface area contributed by atoms with Crippen LogP contribution in [0.5, 0.6) is 0 Å². The van der Waals surface area contributed by atoms with Crippen molar-refractivity contribution >= 4 is 16.2 Å². The second kappa shape index (κ2) is 3.38. The van der Waals surface area contributed by atoms with Gasteiger partial charge < -0.3 is 5.11 Å². The van der Waals surface area contributed by atoms with Crippen LogP contribution < -0.4 is 0 Å². The number of benzene rings is 1. The summed E-state index contributed by atoms with van der Waals surface area (Å²) in [5.74, 6) is -1.29. The number of hydrogen-bond acceptors (Lipinski definition) is 3. The molecule has 0 aliphatic rings. The van der Waals surface area contributed by atoms with E-state index in [0.717, 1.165) is 12.1 Å². The Balaban J connectivity index is 3.43. The van der Waals surface area contributed by atoms with Gasteiger partial charge in [0.15, 0.2) is 0 Å². The van der Waals surface area contributed by atoms with Crippen LogP contribution in [0.4, 0.5) is 3.89 Å². The smallest absolute Gasteiger partial charge is 0.335 e. The highest BCUT2D eigenvalue weighted by molar-refractivity contribution is 7.86. The van der Waals surface area contributed by atoms with Gasteiger partial charge in [-0.25, -0.2) is 4.79 Å². The first-order chi connectivity index (χ1) is 6.30. The minimum atomic E-state index is -4.84. The van der Waals surface area contributed by atoms with E-state index >= 15 is 0 Å². The highest BCUT2D eigenvalue weighted by Gasteiger charge is 2.15. The summed E-state index contributed by atoms with van der Waals surface area (Å²) in [5, 5.41) is 8.58. The zero-order chi connectivity index (χ0) is 10.9. The minimum Gasteiger partial charge on any atom is -0.478 e. The molecule has 0 amide bonds. The van der Waals surface area contributed by atoms with Crippen LogP contribution in [0.3, 0.4) is 0 Å². The van der Waals surface area contributed by atoms with Gasteiger partial charge >= 0.3 is 16.2 Å². The molecule has 4 nitrogen and oxygen atoms in total. The lowest BCUT2D eigenvalue weighted by Gasteiger charge is -2.00. The van der Waals surface area contributed by atoms with Crippen molar-refractivity contribution in [2.75, 3.05) is 0 Å². The van der Waals surface area contributed by atoms with Crippen molar-refractivity contribution in [2.45, 2.75) is 11.8 Å². The topological polar surface area (TPSA) is 71.4 Å². The van der Waals surface area contributed by atoms with Crippen LogP contribution in [0.25, 0.3) is 0 Å². The van der Waals surface area contributed by atoms with Gasteiger partial charge in [-0.05, 0) is 30.7 Å². The zero-order valence-electron chi connectivity index (χ0n) is 7.19. The average molecular weight is 218 g/mol. The summed E-state index contributed by atoms with van der Waals surface area (Å²) < 4.78 is 33.5. The van der Waals surface area contributed by atoms with Gasteiger partial charge in [0.05, 0.1) is 10.5 Å².